The molecule has 0 saturated heterocycles. The summed E-state index contributed by atoms with van der Waals surface area (Å²) in [5, 5.41) is 6.70. The maximum atomic E-state index is 11.8. The zero-order chi connectivity index (χ0) is 16.8. The Hall–Kier alpha value is -0.770. The first kappa shape index (κ1) is 19.3. The van der Waals surface area contributed by atoms with Crippen molar-refractivity contribution < 1.29 is 9.53 Å². The van der Waals surface area contributed by atoms with Crippen molar-refractivity contribution >= 4 is 6.09 Å². The van der Waals surface area contributed by atoms with Gasteiger partial charge in [-0.05, 0) is 65.2 Å². The van der Waals surface area contributed by atoms with Crippen LogP contribution in [0.3, 0.4) is 0 Å². The van der Waals surface area contributed by atoms with Gasteiger partial charge in [-0.3, -0.25) is 0 Å². The molecule has 3 unspecified atom stereocenters. The number of rotatable bonds is 7. The summed E-state index contributed by atoms with van der Waals surface area (Å²) in [6, 6.07) is 1.08. The Balaban J connectivity index is 2.32. The first-order chi connectivity index (χ1) is 10.2. The standard InChI is InChI=1S/C18H36N2O2/c1-13(2)10-11-14(3)20-16-9-7-8-15(16)12-19-17(21)22-18(4,5)6/h13-16,20H,7-12H2,1-6H3,(H,19,21). The summed E-state index contributed by atoms with van der Waals surface area (Å²) in [4.78, 5) is 11.8. The van der Waals surface area contributed by atoms with Crippen LogP contribution in [0.2, 0.25) is 0 Å². The number of amides is 1. The van der Waals surface area contributed by atoms with Crippen molar-refractivity contribution in [3.05, 3.63) is 0 Å². The topological polar surface area (TPSA) is 50.4 Å². The number of ether oxygens (including phenoxy) is 1. The molecule has 0 bridgehead atoms. The largest absolute Gasteiger partial charge is 0.444 e. The minimum atomic E-state index is -0.428. The molecule has 1 fully saturated rings. The molecule has 1 rings (SSSR count). The van der Waals surface area contributed by atoms with Crippen LogP contribution in [0.5, 0.6) is 0 Å². The van der Waals surface area contributed by atoms with Crippen LogP contribution in [0.25, 0.3) is 0 Å². The number of alkyl carbamates (subject to hydrolysis) is 1. The van der Waals surface area contributed by atoms with E-state index in [0.717, 1.165) is 5.92 Å². The van der Waals surface area contributed by atoms with Crippen LogP contribution in [-0.2, 0) is 4.74 Å². The van der Waals surface area contributed by atoms with Gasteiger partial charge in [0.25, 0.3) is 0 Å². The maximum Gasteiger partial charge on any atom is 0.407 e. The van der Waals surface area contributed by atoms with Crippen LogP contribution in [-0.4, -0.2) is 30.3 Å². The molecule has 1 aliphatic carbocycles. The predicted molar refractivity (Wildman–Crippen MR) is 92.0 cm³/mol. The first-order valence-corrected chi connectivity index (χ1v) is 8.90. The highest BCUT2D eigenvalue weighted by Crippen LogP contribution is 2.26. The molecule has 1 amide bonds. The van der Waals surface area contributed by atoms with Gasteiger partial charge < -0.3 is 15.4 Å². The Morgan fingerprint density at radius 1 is 1.18 bits per heavy atom. The molecule has 0 aromatic carbocycles. The Bertz CT molecular complexity index is 336. The Labute approximate surface area is 136 Å². The molecule has 0 radical (unpaired) electrons. The minimum absolute atomic E-state index is 0.300. The quantitative estimate of drug-likeness (QED) is 0.744. The molecule has 4 heteroatoms. The van der Waals surface area contributed by atoms with Gasteiger partial charge in [-0.25, -0.2) is 4.79 Å². The lowest BCUT2D eigenvalue weighted by atomic mass is 10.00. The van der Waals surface area contributed by atoms with E-state index in [1.807, 2.05) is 20.8 Å². The lowest BCUT2D eigenvalue weighted by molar-refractivity contribution is 0.0517. The molecule has 3 atom stereocenters. The average Bonchev–Trinajstić information content (AvgIpc) is 2.79. The fraction of sp³-hybridized carbons (Fsp3) is 0.944. The molecule has 0 spiro atoms. The normalized spacial score (nSPS) is 23.6. The number of carbonyl (C=O) groups excluding carboxylic acids is 1. The van der Waals surface area contributed by atoms with Crippen LogP contribution < -0.4 is 10.6 Å². The van der Waals surface area contributed by atoms with Gasteiger partial charge in [-0.2, -0.15) is 0 Å². The summed E-state index contributed by atoms with van der Waals surface area (Å²) in [5.41, 5.74) is -0.428. The van der Waals surface area contributed by atoms with Gasteiger partial charge in [0.15, 0.2) is 0 Å². The van der Waals surface area contributed by atoms with E-state index in [2.05, 4.69) is 31.4 Å². The number of hydrogen-bond donors (Lipinski definition) is 2. The highest BCUT2D eigenvalue weighted by atomic mass is 16.6. The summed E-state index contributed by atoms with van der Waals surface area (Å²) >= 11 is 0. The third kappa shape index (κ3) is 8.02. The van der Waals surface area contributed by atoms with Crippen molar-refractivity contribution in [1.29, 1.82) is 0 Å². The van der Waals surface area contributed by atoms with E-state index >= 15 is 0 Å². The SMILES string of the molecule is CC(C)CCC(C)NC1CCCC1CNC(=O)OC(C)(C)C. The van der Waals surface area contributed by atoms with Crippen LogP contribution in [0.15, 0.2) is 0 Å². The van der Waals surface area contributed by atoms with Gasteiger partial charge in [0.2, 0.25) is 0 Å². The molecular formula is C18H36N2O2. The van der Waals surface area contributed by atoms with Crippen molar-refractivity contribution in [1.82, 2.24) is 10.6 Å². The van der Waals surface area contributed by atoms with E-state index in [4.69, 9.17) is 4.74 Å². The molecule has 4 nitrogen and oxygen atoms in total. The van der Waals surface area contributed by atoms with Crippen LogP contribution in [0.4, 0.5) is 4.79 Å². The monoisotopic (exact) mass is 312 g/mol. The van der Waals surface area contributed by atoms with Crippen LogP contribution >= 0.6 is 0 Å². The molecule has 0 aromatic rings. The van der Waals surface area contributed by atoms with Crippen molar-refractivity contribution in [2.24, 2.45) is 11.8 Å². The number of hydrogen-bond acceptors (Lipinski definition) is 3. The van der Waals surface area contributed by atoms with Crippen LogP contribution in [0, 0.1) is 11.8 Å². The van der Waals surface area contributed by atoms with Crippen molar-refractivity contribution in [2.75, 3.05) is 6.54 Å². The summed E-state index contributed by atoms with van der Waals surface area (Å²) in [7, 11) is 0. The van der Waals surface area contributed by atoms with E-state index in [1.54, 1.807) is 0 Å². The van der Waals surface area contributed by atoms with Gasteiger partial charge >= 0.3 is 6.09 Å². The third-order valence-electron chi connectivity index (χ3n) is 4.24. The smallest absolute Gasteiger partial charge is 0.407 e. The fourth-order valence-corrected chi connectivity index (χ4v) is 3.06. The Kier molecular flexibility index (Phi) is 7.67. The van der Waals surface area contributed by atoms with Gasteiger partial charge in [-0.15, -0.1) is 0 Å². The van der Waals surface area contributed by atoms with E-state index in [-0.39, 0.29) is 6.09 Å². The highest BCUT2D eigenvalue weighted by Gasteiger charge is 2.29. The molecule has 2 N–H and O–H groups in total. The zero-order valence-electron chi connectivity index (χ0n) is 15.4. The van der Waals surface area contributed by atoms with Gasteiger partial charge in [0.05, 0.1) is 0 Å². The lowest BCUT2D eigenvalue weighted by Crippen LogP contribution is -2.43. The summed E-state index contributed by atoms with van der Waals surface area (Å²) in [5.74, 6) is 1.28. The maximum absolute atomic E-state index is 11.8. The lowest BCUT2D eigenvalue weighted by Gasteiger charge is -2.26. The first-order valence-electron chi connectivity index (χ1n) is 8.90. The highest BCUT2D eigenvalue weighted by molar-refractivity contribution is 5.67. The second kappa shape index (κ2) is 8.76. The van der Waals surface area contributed by atoms with E-state index in [9.17, 15) is 4.79 Å². The second-order valence-corrected chi connectivity index (χ2v) is 8.22. The summed E-state index contributed by atoms with van der Waals surface area (Å²) < 4.78 is 5.31. The van der Waals surface area contributed by atoms with E-state index in [0.29, 0.717) is 24.5 Å². The van der Waals surface area contributed by atoms with Gasteiger partial charge in [-0.1, -0.05) is 20.3 Å². The molecule has 0 aromatic heterocycles. The molecule has 0 aliphatic heterocycles. The Morgan fingerprint density at radius 3 is 2.45 bits per heavy atom. The molecule has 1 aliphatic rings. The van der Waals surface area contributed by atoms with Crippen molar-refractivity contribution in [3.8, 4) is 0 Å². The van der Waals surface area contributed by atoms with Crippen molar-refractivity contribution in [2.45, 2.75) is 91.3 Å². The molecular weight excluding hydrogens is 276 g/mol. The fourth-order valence-electron chi connectivity index (χ4n) is 3.06. The van der Waals surface area contributed by atoms with Crippen LogP contribution in [0.1, 0.15) is 73.6 Å². The molecule has 1 saturated carbocycles. The van der Waals surface area contributed by atoms with Gasteiger partial charge in [0, 0.05) is 18.6 Å². The third-order valence-corrected chi connectivity index (χ3v) is 4.24. The number of nitrogens with one attached hydrogen (secondary N) is 2. The molecule has 22 heavy (non-hydrogen) atoms. The molecule has 130 valence electrons. The van der Waals surface area contributed by atoms with Gasteiger partial charge in [0.1, 0.15) is 5.60 Å². The second-order valence-electron chi connectivity index (χ2n) is 8.22. The zero-order valence-corrected chi connectivity index (χ0v) is 15.4. The van der Waals surface area contributed by atoms with E-state index in [1.165, 1.54) is 32.1 Å². The predicted octanol–water partition coefficient (Wildman–Crippen LogP) is 4.09. The number of carbonyl (C=O) groups is 1. The van der Waals surface area contributed by atoms with Crippen molar-refractivity contribution in [3.63, 3.8) is 0 Å². The molecule has 0 heterocycles. The Morgan fingerprint density at radius 2 is 1.86 bits per heavy atom. The minimum Gasteiger partial charge on any atom is -0.444 e. The average molecular weight is 312 g/mol. The van der Waals surface area contributed by atoms with E-state index < -0.39 is 5.60 Å². The summed E-state index contributed by atoms with van der Waals surface area (Å²) in [6.07, 6.45) is 5.83. The summed E-state index contributed by atoms with van der Waals surface area (Å²) in [6.45, 7) is 13.2.